The number of hydroxylamine groups is 2. The number of hydrogen-bond donors (Lipinski definition) is 0. The molecule has 1 aliphatic rings. The molecular weight excluding hydrogens is 212 g/mol. The highest BCUT2D eigenvalue weighted by Crippen LogP contribution is 2.42. The lowest BCUT2D eigenvalue weighted by molar-refractivity contribution is -0.283. The highest BCUT2D eigenvalue weighted by atomic mass is 16.7. The number of hydrogen-bond acceptors (Lipinski definition) is 3. The van der Waals surface area contributed by atoms with Gasteiger partial charge in [0.25, 0.3) is 0 Å². The van der Waals surface area contributed by atoms with Crippen molar-refractivity contribution in [2.75, 3.05) is 0 Å². The Morgan fingerprint density at radius 3 is 2.18 bits per heavy atom. The van der Waals surface area contributed by atoms with Gasteiger partial charge in [-0.2, -0.15) is 10.3 Å². The molecule has 0 aromatic carbocycles. The fourth-order valence-corrected chi connectivity index (χ4v) is 2.35. The van der Waals surface area contributed by atoms with E-state index in [4.69, 9.17) is 4.84 Å². The first-order valence-electron chi connectivity index (χ1n) is 6.39. The van der Waals surface area contributed by atoms with E-state index in [2.05, 4.69) is 45.8 Å². The second-order valence-corrected chi connectivity index (χ2v) is 7.23. The number of nitriles is 1. The van der Waals surface area contributed by atoms with Crippen molar-refractivity contribution in [1.29, 1.82) is 5.26 Å². The predicted molar refractivity (Wildman–Crippen MR) is 69.2 cm³/mol. The third kappa shape index (κ3) is 3.20. The van der Waals surface area contributed by atoms with Gasteiger partial charge < -0.3 is 0 Å². The Hall–Kier alpha value is -0.590. The van der Waals surface area contributed by atoms with E-state index in [1.807, 2.05) is 13.8 Å². The summed E-state index contributed by atoms with van der Waals surface area (Å²) in [6, 6.07) is 2.58. The van der Waals surface area contributed by atoms with Gasteiger partial charge in [-0.1, -0.05) is 0 Å². The molecule has 0 N–H and O–H groups in total. The minimum absolute atomic E-state index is 0.00602. The molecule has 0 radical (unpaired) electrons. The first kappa shape index (κ1) is 14.5. The van der Waals surface area contributed by atoms with Gasteiger partial charge in [-0.15, -0.1) is 0 Å². The molecule has 0 saturated carbocycles. The summed E-state index contributed by atoms with van der Waals surface area (Å²) in [6.07, 6.45) is 2.09. The van der Waals surface area contributed by atoms with Crippen molar-refractivity contribution in [3.8, 4) is 6.07 Å². The van der Waals surface area contributed by atoms with E-state index in [1.54, 1.807) is 0 Å². The van der Waals surface area contributed by atoms with Crippen molar-refractivity contribution >= 4 is 0 Å². The second-order valence-electron chi connectivity index (χ2n) is 7.23. The van der Waals surface area contributed by atoms with Crippen LogP contribution in [0.5, 0.6) is 0 Å². The maximum atomic E-state index is 9.31. The molecule has 1 atom stereocenters. The Bertz CT molecular complexity index is 320. The van der Waals surface area contributed by atoms with Crippen molar-refractivity contribution in [1.82, 2.24) is 5.06 Å². The van der Waals surface area contributed by atoms with Crippen molar-refractivity contribution in [3.05, 3.63) is 0 Å². The fraction of sp³-hybridized carbons (Fsp3) is 0.929. The smallest absolute Gasteiger partial charge is 0.0816 e. The van der Waals surface area contributed by atoms with Crippen LogP contribution in [0.2, 0.25) is 0 Å². The first-order valence-corrected chi connectivity index (χ1v) is 6.39. The maximum Gasteiger partial charge on any atom is 0.0816 e. The number of rotatable bonds is 2. The van der Waals surface area contributed by atoms with Gasteiger partial charge in [0.15, 0.2) is 0 Å². The van der Waals surface area contributed by atoms with Crippen LogP contribution in [0.1, 0.15) is 61.3 Å². The van der Waals surface area contributed by atoms with E-state index < -0.39 is 0 Å². The molecule has 98 valence electrons. The van der Waals surface area contributed by atoms with Crippen LogP contribution in [0.4, 0.5) is 0 Å². The average Bonchev–Trinajstić information content (AvgIpc) is 2.41. The van der Waals surface area contributed by atoms with Crippen LogP contribution in [0.3, 0.4) is 0 Å². The van der Waals surface area contributed by atoms with Crippen LogP contribution < -0.4 is 0 Å². The van der Waals surface area contributed by atoms with E-state index >= 15 is 0 Å². The summed E-state index contributed by atoms with van der Waals surface area (Å²) in [5.41, 5.74) is -0.587. The van der Waals surface area contributed by atoms with Crippen molar-refractivity contribution in [2.24, 2.45) is 5.41 Å². The topological polar surface area (TPSA) is 36.3 Å². The zero-order valence-corrected chi connectivity index (χ0v) is 12.3. The third-order valence-electron chi connectivity index (χ3n) is 3.40. The van der Waals surface area contributed by atoms with Crippen LogP contribution in [0.25, 0.3) is 0 Å². The molecule has 1 unspecified atom stereocenters. The van der Waals surface area contributed by atoms with Gasteiger partial charge in [-0.05, 0) is 61.3 Å². The summed E-state index contributed by atoms with van der Waals surface area (Å²) >= 11 is 0. The minimum Gasteiger partial charge on any atom is -0.292 e. The molecule has 0 aromatic heterocycles. The molecule has 1 fully saturated rings. The Morgan fingerprint density at radius 2 is 1.76 bits per heavy atom. The zero-order chi connectivity index (χ0) is 13.5. The SMILES string of the molecule is CC(C)(C)ON1C(C(C)(C)C#N)CCC1(C)C. The molecule has 0 aromatic rings. The summed E-state index contributed by atoms with van der Waals surface area (Å²) in [7, 11) is 0. The molecule has 1 aliphatic heterocycles. The average molecular weight is 238 g/mol. The molecule has 0 amide bonds. The van der Waals surface area contributed by atoms with E-state index in [0.717, 1.165) is 12.8 Å². The number of nitrogens with zero attached hydrogens (tertiary/aromatic N) is 2. The maximum absolute atomic E-state index is 9.31. The quantitative estimate of drug-likeness (QED) is 0.738. The molecule has 17 heavy (non-hydrogen) atoms. The lowest BCUT2D eigenvalue weighted by atomic mass is 9.85. The summed E-state index contributed by atoms with van der Waals surface area (Å²) in [5.74, 6) is 0. The molecule has 3 nitrogen and oxygen atoms in total. The Kier molecular flexibility index (Phi) is 3.63. The standard InChI is InChI=1S/C14H26N2O/c1-12(2,3)17-16-11(13(4,5)10-15)8-9-14(16,6)7/h11H,8-9H2,1-7H3. The van der Waals surface area contributed by atoms with Gasteiger partial charge in [0, 0.05) is 5.54 Å². The third-order valence-corrected chi connectivity index (χ3v) is 3.40. The normalized spacial score (nSPS) is 25.9. The molecule has 1 rings (SSSR count). The molecule has 0 spiro atoms. The van der Waals surface area contributed by atoms with Gasteiger partial charge in [0.2, 0.25) is 0 Å². The second kappa shape index (κ2) is 4.26. The summed E-state index contributed by atoms with van der Waals surface area (Å²) < 4.78 is 0. The van der Waals surface area contributed by atoms with Crippen LogP contribution in [0.15, 0.2) is 0 Å². The molecule has 3 heteroatoms. The van der Waals surface area contributed by atoms with Gasteiger partial charge in [0.1, 0.15) is 0 Å². The lowest BCUT2D eigenvalue weighted by Gasteiger charge is -2.42. The van der Waals surface area contributed by atoms with Crippen LogP contribution >= 0.6 is 0 Å². The predicted octanol–water partition coefficient (Wildman–Crippen LogP) is 3.51. The van der Waals surface area contributed by atoms with E-state index in [1.165, 1.54) is 0 Å². The summed E-state index contributed by atoms with van der Waals surface area (Å²) in [4.78, 5) is 6.10. The summed E-state index contributed by atoms with van der Waals surface area (Å²) in [6.45, 7) is 14.5. The Balaban J connectivity index is 2.97. The Morgan fingerprint density at radius 1 is 1.24 bits per heavy atom. The monoisotopic (exact) mass is 238 g/mol. The summed E-state index contributed by atoms with van der Waals surface area (Å²) in [5, 5.41) is 11.4. The zero-order valence-electron chi connectivity index (χ0n) is 12.3. The van der Waals surface area contributed by atoms with E-state index in [-0.39, 0.29) is 22.6 Å². The van der Waals surface area contributed by atoms with Crippen molar-refractivity contribution in [3.63, 3.8) is 0 Å². The highest BCUT2D eigenvalue weighted by Gasteiger charge is 2.48. The largest absolute Gasteiger partial charge is 0.292 e. The molecule has 1 heterocycles. The van der Waals surface area contributed by atoms with E-state index in [0.29, 0.717) is 0 Å². The fourth-order valence-electron chi connectivity index (χ4n) is 2.35. The van der Waals surface area contributed by atoms with Gasteiger partial charge >= 0.3 is 0 Å². The van der Waals surface area contributed by atoms with Crippen LogP contribution in [0, 0.1) is 16.7 Å². The van der Waals surface area contributed by atoms with Crippen molar-refractivity contribution in [2.45, 2.75) is 78.5 Å². The van der Waals surface area contributed by atoms with Crippen LogP contribution in [-0.2, 0) is 4.84 Å². The molecule has 0 bridgehead atoms. The molecular formula is C14H26N2O. The van der Waals surface area contributed by atoms with Gasteiger partial charge in [-0.3, -0.25) is 4.84 Å². The first-order chi connectivity index (χ1) is 7.49. The van der Waals surface area contributed by atoms with E-state index in [9.17, 15) is 5.26 Å². The molecule has 1 saturated heterocycles. The lowest BCUT2D eigenvalue weighted by Crippen LogP contribution is -2.51. The van der Waals surface area contributed by atoms with Crippen molar-refractivity contribution < 1.29 is 4.84 Å². The molecule has 0 aliphatic carbocycles. The van der Waals surface area contributed by atoms with Gasteiger partial charge in [-0.25, -0.2) is 0 Å². The van der Waals surface area contributed by atoms with Gasteiger partial charge in [0.05, 0.1) is 23.1 Å². The Labute approximate surface area is 106 Å². The minimum atomic E-state index is -0.376. The van der Waals surface area contributed by atoms with Crippen LogP contribution in [-0.4, -0.2) is 22.2 Å². The highest BCUT2D eigenvalue weighted by molar-refractivity contribution is 5.06.